The molecule has 1 amide bonds. The van der Waals surface area contributed by atoms with Crippen molar-refractivity contribution in [1.82, 2.24) is 5.32 Å². The highest BCUT2D eigenvalue weighted by atomic mass is 35.5. The summed E-state index contributed by atoms with van der Waals surface area (Å²) in [6.45, 7) is 4.07. The summed E-state index contributed by atoms with van der Waals surface area (Å²) in [5.41, 5.74) is 2.42. The maximum absolute atomic E-state index is 13.5. The van der Waals surface area contributed by atoms with Gasteiger partial charge >= 0.3 is 0 Å². The fourth-order valence-corrected chi connectivity index (χ4v) is 5.27. The Balaban J connectivity index is 1.78. The molecule has 174 valence electrons. The van der Waals surface area contributed by atoms with Crippen LogP contribution in [0, 0.1) is 12.8 Å². The van der Waals surface area contributed by atoms with Gasteiger partial charge in [-0.1, -0.05) is 85.1 Å². The Morgan fingerprint density at radius 1 is 0.970 bits per heavy atom. The van der Waals surface area contributed by atoms with E-state index < -0.39 is 10.0 Å². The number of carbonyl (C=O) groups excluding carboxylic acids is 1. The van der Waals surface area contributed by atoms with Gasteiger partial charge in [-0.25, -0.2) is 8.42 Å². The number of nitrogens with zero attached hydrogens (tertiary/aromatic N) is 1. The van der Waals surface area contributed by atoms with Crippen LogP contribution in [0.1, 0.15) is 24.5 Å². The molecular weight excluding hydrogens is 456 g/mol. The molecule has 0 saturated carbocycles. The van der Waals surface area contributed by atoms with Crippen molar-refractivity contribution >= 4 is 33.2 Å². The van der Waals surface area contributed by atoms with E-state index in [2.05, 4.69) is 24.4 Å². The van der Waals surface area contributed by atoms with Crippen LogP contribution in [0.25, 0.3) is 0 Å². The smallest absolute Gasteiger partial charge is 0.264 e. The molecule has 0 heterocycles. The molecule has 3 aromatic rings. The van der Waals surface area contributed by atoms with Crippen LogP contribution in [-0.4, -0.2) is 27.4 Å². The summed E-state index contributed by atoms with van der Waals surface area (Å²) in [4.78, 5) is 13.0. The molecule has 3 rings (SSSR count). The average molecular weight is 485 g/mol. The predicted molar refractivity (Wildman–Crippen MR) is 134 cm³/mol. The summed E-state index contributed by atoms with van der Waals surface area (Å²) < 4.78 is 28.0. The van der Waals surface area contributed by atoms with Gasteiger partial charge in [0, 0.05) is 6.54 Å². The van der Waals surface area contributed by atoms with Crippen LogP contribution in [0.3, 0.4) is 0 Å². The van der Waals surface area contributed by atoms with E-state index in [4.69, 9.17) is 11.6 Å². The third-order valence-corrected chi connectivity index (χ3v) is 7.64. The SMILES string of the molecule is CCC(CNC(=O)CN(c1ccccc1Cl)S(=O)(=O)c1ccc(C)cc1)Cc1ccccc1. The predicted octanol–water partition coefficient (Wildman–Crippen LogP) is 5.23. The summed E-state index contributed by atoms with van der Waals surface area (Å²) in [5.74, 6) is -0.129. The molecule has 0 aliphatic heterocycles. The Bertz CT molecular complexity index is 1170. The number of rotatable bonds is 10. The zero-order valence-electron chi connectivity index (χ0n) is 18.9. The minimum atomic E-state index is -3.99. The molecule has 1 atom stereocenters. The molecule has 0 fully saturated rings. The number of sulfonamides is 1. The number of aryl methyl sites for hydroxylation is 1. The van der Waals surface area contributed by atoms with Gasteiger partial charge in [-0.15, -0.1) is 0 Å². The van der Waals surface area contributed by atoms with Crippen LogP contribution < -0.4 is 9.62 Å². The van der Waals surface area contributed by atoms with Crippen LogP contribution in [0.5, 0.6) is 0 Å². The highest BCUT2D eigenvalue weighted by Gasteiger charge is 2.28. The van der Waals surface area contributed by atoms with Gasteiger partial charge in [0.05, 0.1) is 15.6 Å². The van der Waals surface area contributed by atoms with Crippen molar-refractivity contribution in [3.05, 3.63) is 95.0 Å². The summed E-state index contributed by atoms with van der Waals surface area (Å²) in [6, 6.07) is 23.3. The molecule has 0 spiro atoms. The molecule has 0 radical (unpaired) electrons. The first kappa shape index (κ1) is 24.8. The van der Waals surface area contributed by atoms with Crippen LogP contribution >= 0.6 is 11.6 Å². The number of carbonyl (C=O) groups is 1. The van der Waals surface area contributed by atoms with Gasteiger partial charge in [-0.2, -0.15) is 0 Å². The van der Waals surface area contributed by atoms with E-state index >= 15 is 0 Å². The normalized spacial score (nSPS) is 12.2. The highest BCUT2D eigenvalue weighted by Crippen LogP contribution is 2.30. The summed E-state index contributed by atoms with van der Waals surface area (Å²) in [5, 5.41) is 3.18. The summed E-state index contributed by atoms with van der Waals surface area (Å²) in [7, 11) is -3.99. The second kappa shape index (κ2) is 11.3. The lowest BCUT2D eigenvalue weighted by Crippen LogP contribution is -2.42. The summed E-state index contributed by atoms with van der Waals surface area (Å²) >= 11 is 6.32. The van der Waals surface area contributed by atoms with Gasteiger partial charge in [0.25, 0.3) is 10.0 Å². The van der Waals surface area contributed by atoms with Gasteiger partial charge < -0.3 is 5.32 Å². The number of amides is 1. The van der Waals surface area contributed by atoms with Crippen molar-refractivity contribution in [3.8, 4) is 0 Å². The van der Waals surface area contributed by atoms with Gasteiger partial charge in [0.15, 0.2) is 0 Å². The fraction of sp³-hybridized carbons (Fsp3) is 0.269. The largest absolute Gasteiger partial charge is 0.354 e. The molecule has 0 saturated heterocycles. The number of hydrogen-bond acceptors (Lipinski definition) is 3. The van der Waals surface area contributed by atoms with Crippen LogP contribution in [0.15, 0.2) is 83.8 Å². The number of hydrogen-bond donors (Lipinski definition) is 1. The monoisotopic (exact) mass is 484 g/mol. The minimum absolute atomic E-state index is 0.108. The first-order chi connectivity index (χ1) is 15.8. The molecule has 7 heteroatoms. The zero-order valence-corrected chi connectivity index (χ0v) is 20.4. The van der Waals surface area contributed by atoms with Gasteiger partial charge in [-0.3, -0.25) is 9.10 Å². The Labute approximate surface area is 201 Å². The highest BCUT2D eigenvalue weighted by molar-refractivity contribution is 7.92. The molecule has 1 N–H and O–H groups in total. The van der Waals surface area contributed by atoms with E-state index in [1.54, 1.807) is 48.5 Å². The quantitative estimate of drug-likeness (QED) is 0.428. The van der Waals surface area contributed by atoms with E-state index in [0.717, 1.165) is 22.7 Å². The van der Waals surface area contributed by atoms with E-state index in [0.29, 0.717) is 6.54 Å². The Morgan fingerprint density at radius 3 is 2.24 bits per heavy atom. The molecule has 3 aromatic carbocycles. The number of para-hydroxylation sites is 1. The topological polar surface area (TPSA) is 66.5 Å². The number of nitrogens with one attached hydrogen (secondary N) is 1. The third-order valence-electron chi connectivity index (χ3n) is 5.55. The lowest BCUT2D eigenvalue weighted by Gasteiger charge is -2.25. The Morgan fingerprint density at radius 2 is 1.61 bits per heavy atom. The Kier molecular flexibility index (Phi) is 8.53. The van der Waals surface area contributed by atoms with Crippen LogP contribution in [0.4, 0.5) is 5.69 Å². The minimum Gasteiger partial charge on any atom is -0.354 e. The molecule has 0 bridgehead atoms. The van der Waals surface area contributed by atoms with Crippen molar-refractivity contribution in [1.29, 1.82) is 0 Å². The lowest BCUT2D eigenvalue weighted by atomic mass is 9.97. The number of halogens is 1. The first-order valence-corrected chi connectivity index (χ1v) is 12.8. The number of anilines is 1. The maximum Gasteiger partial charge on any atom is 0.264 e. The summed E-state index contributed by atoms with van der Waals surface area (Å²) in [6.07, 6.45) is 1.73. The van der Waals surface area contributed by atoms with Crippen molar-refractivity contribution in [2.75, 3.05) is 17.4 Å². The molecule has 5 nitrogen and oxygen atoms in total. The molecule has 1 unspecified atom stereocenters. The van der Waals surface area contributed by atoms with Crippen LogP contribution in [0.2, 0.25) is 5.02 Å². The van der Waals surface area contributed by atoms with E-state index in [1.165, 1.54) is 5.56 Å². The van der Waals surface area contributed by atoms with Crippen molar-refractivity contribution < 1.29 is 13.2 Å². The van der Waals surface area contributed by atoms with Gasteiger partial charge in [0.1, 0.15) is 6.54 Å². The third kappa shape index (κ3) is 6.59. The first-order valence-electron chi connectivity index (χ1n) is 11.0. The second-order valence-electron chi connectivity index (χ2n) is 8.04. The van der Waals surface area contributed by atoms with Crippen molar-refractivity contribution in [2.24, 2.45) is 5.92 Å². The fourth-order valence-electron chi connectivity index (χ4n) is 3.54. The average Bonchev–Trinajstić information content (AvgIpc) is 2.81. The maximum atomic E-state index is 13.5. The van der Waals surface area contributed by atoms with Crippen LogP contribution in [-0.2, 0) is 21.2 Å². The molecule has 0 aliphatic carbocycles. The van der Waals surface area contributed by atoms with E-state index in [-0.39, 0.29) is 34.0 Å². The standard InChI is InChI=1S/C26H29ClN2O3S/c1-3-21(17-22-9-5-4-6-10-22)18-28-26(30)19-29(25-12-8-7-11-24(25)27)33(31,32)23-15-13-20(2)14-16-23/h4-16,21H,3,17-19H2,1-2H3,(H,28,30). The second-order valence-corrected chi connectivity index (χ2v) is 10.3. The van der Waals surface area contributed by atoms with E-state index in [9.17, 15) is 13.2 Å². The lowest BCUT2D eigenvalue weighted by molar-refractivity contribution is -0.119. The zero-order chi connectivity index (χ0) is 23.8. The molecular formula is C26H29ClN2O3S. The number of benzene rings is 3. The van der Waals surface area contributed by atoms with E-state index in [1.807, 2.05) is 25.1 Å². The van der Waals surface area contributed by atoms with Crippen molar-refractivity contribution in [2.45, 2.75) is 31.6 Å². The molecule has 33 heavy (non-hydrogen) atoms. The van der Waals surface area contributed by atoms with Gasteiger partial charge in [0.2, 0.25) is 5.91 Å². The Hall–Kier alpha value is -2.83. The molecule has 0 aliphatic rings. The molecule has 0 aromatic heterocycles. The van der Waals surface area contributed by atoms with Gasteiger partial charge in [-0.05, 0) is 49.1 Å². The van der Waals surface area contributed by atoms with Crippen molar-refractivity contribution in [3.63, 3.8) is 0 Å².